The van der Waals surface area contributed by atoms with E-state index in [1.807, 2.05) is 23.5 Å². The third kappa shape index (κ3) is 3.40. The smallest absolute Gasteiger partial charge is 0.0674 e. The van der Waals surface area contributed by atoms with E-state index in [0.29, 0.717) is 0 Å². The highest BCUT2D eigenvalue weighted by Gasteiger charge is 2.18. The predicted molar refractivity (Wildman–Crippen MR) is 88.5 cm³/mol. The monoisotopic (exact) mass is 357 g/mol. The van der Waals surface area contributed by atoms with Crippen LogP contribution in [0.4, 0.5) is 0 Å². The molecule has 1 aromatic heterocycles. The van der Waals surface area contributed by atoms with E-state index >= 15 is 0 Å². The molecule has 0 aliphatic rings. The largest absolute Gasteiger partial charge is 0.306 e. The van der Waals surface area contributed by atoms with Crippen LogP contribution in [0.25, 0.3) is 0 Å². The number of hydrogen-bond acceptors (Lipinski definition) is 2. The summed E-state index contributed by atoms with van der Waals surface area (Å²) in [4.78, 5) is 2.64. The maximum atomic E-state index is 6.05. The van der Waals surface area contributed by atoms with Crippen molar-refractivity contribution in [1.82, 2.24) is 5.32 Å². The molecule has 19 heavy (non-hydrogen) atoms. The summed E-state index contributed by atoms with van der Waals surface area (Å²) in [6.45, 7) is 7.31. The molecule has 0 spiro atoms. The topological polar surface area (TPSA) is 12.0 Å². The van der Waals surface area contributed by atoms with Crippen molar-refractivity contribution in [2.24, 2.45) is 0 Å². The highest BCUT2D eigenvalue weighted by Crippen LogP contribution is 2.35. The minimum absolute atomic E-state index is 0.234. The molecular formula is C15H17BrClNS. The SMILES string of the molecule is CCNC(c1cc(Br)c(C)s1)c1ccc(Cl)cc1C. The number of halogens is 2. The first kappa shape index (κ1) is 15.0. The number of hydrogen-bond donors (Lipinski definition) is 1. The van der Waals surface area contributed by atoms with Gasteiger partial charge in [0.1, 0.15) is 0 Å². The summed E-state index contributed by atoms with van der Waals surface area (Å²) in [6, 6.07) is 8.55. The van der Waals surface area contributed by atoms with Gasteiger partial charge in [0.25, 0.3) is 0 Å². The van der Waals surface area contributed by atoms with E-state index in [-0.39, 0.29) is 6.04 Å². The fraction of sp³-hybridized carbons (Fsp3) is 0.333. The van der Waals surface area contributed by atoms with Crippen molar-refractivity contribution in [3.8, 4) is 0 Å². The lowest BCUT2D eigenvalue weighted by atomic mass is 10.00. The molecular weight excluding hydrogens is 342 g/mol. The van der Waals surface area contributed by atoms with Gasteiger partial charge in [0.15, 0.2) is 0 Å². The molecule has 0 saturated carbocycles. The molecule has 102 valence electrons. The normalized spacial score (nSPS) is 12.7. The zero-order chi connectivity index (χ0) is 14.0. The van der Waals surface area contributed by atoms with Crippen LogP contribution in [0.2, 0.25) is 5.02 Å². The van der Waals surface area contributed by atoms with Crippen LogP contribution in [-0.2, 0) is 0 Å². The second-order valence-corrected chi connectivity index (χ2v) is 7.12. The number of rotatable bonds is 4. The van der Waals surface area contributed by atoms with Gasteiger partial charge in [0, 0.05) is 19.2 Å². The summed E-state index contributed by atoms with van der Waals surface area (Å²) in [5.74, 6) is 0. The first-order chi connectivity index (χ1) is 9.02. The highest BCUT2D eigenvalue weighted by molar-refractivity contribution is 9.10. The standard InChI is InChI=1S/C15H17BrClNS/c1-4-18-15(14-8-13(16)10(3)19-14)12-6-5-11(17)7-9(12)2/h5-8,15,18H,4H2,1-3H3. The lowest BCUT2D eigenvalue weighted by Crippen LogP contribution is -2.21. The molecule has 1 nitrogen and oxygen atoms in total. The molecule has 1 unspecified atom stereocenters. The van der Waals surface area contributed by atoms with Crippen molar-refractivity contribution in [3.05, 3.63) is 54.6 Å². The summed E-state index contributed by atoms with van der Waals surface area (Å²) in [5.41, 5.74) is 2.51. The Labute approximate surface area is 132 Å². The van der Waals surface area contributed by atoms with Crippen molar-refractivity contribution < 1.29 is 0 Å². The van der Waals surface area contributed by atoms with Gasteiger partial charge in [0.2, 0.25) is 0 Å². The third-order valence-corrected chi connectivity index (χ3v) is 5.55. The van der Waals surface area contributed by atoms with Crippen LogP contribution in [0.5, 0.6) is 0 Å². The van der Waals surface area contributed by atoms with Gasteiger partial charge in [-0.2, -0.15) is 0 Å². The maximum absolute atomic E-state index is 6.05. The van der Waals surface area contributed by atoms with E-state index in [0.717, 1.165) is 11.6 Å². The Balaban J connectivity index is 2.44. The van der Waals surface area contributed by atoms with Crippen molar-refractivity contribution in [1.29, 1.82) is 0 Å². The molecule has 0 bridgehead atoms. The minimum atomic E-state index is 0.234. The van der Waals surface area contributed by atoms with Gasteiger partial charge in [-0.15, -0.1) is 11.3 Å². The summed E-state index contributed by atoms with van der Waals surface area (Å²) < 4.78 is 1.18. The molecule has 1 heterocycles. The Bertz CT molecular complexity index is 560. The van der Waals surface area contributed by atoms with E-state index in [1.165, 1.54) is 25.4 Å². The first-order valence-corrected chi connectivity index (χ1v) is 8.27. The average Bonchev–Trinajstić information content (AvgIpc) is 2.67. The zero-order valence-electron chi connectivity index (χ0n) is 11.3. The maximum Gasteiger partial charge on any atom is 0.0674 e. The molecule has 1 atom stereocenters. The van der Waals surface area contributed by atoms with Crippen LogP contribution >= 0.6 is 38.9 Å². The molecule has 0 aliphatic heterocycles. The Hall–Kier alpha value is -0.350. The lowest BCUT2D eigenvalue weighted by Gasteiger charge is -2.19. The van der Waals surface area contributed by atoms with E-state index in [4.69, 9.17) is 11.6 Å². The zero-order valence-corrected chi connectivity index (χ0v) is 14.4. The van der Waals surface area contributed by atoms with Gasteiger partial charge in [-0.3, -0.25) is 0 Å². The molecule has 0 amide bonds. The highest BCUT2D eigenvalue weighted by atomic mass is 79.9. The molecule has 0 fully saturated rings. The van der Waals surface area contributed by atoms with Crippen molar-refractivity contribution in [2.45, 2.75) is 26.8 Å². The van der Waals surface area contributed by atoms with Crippen molar-refractivity contribution >= 4 is 38.9 Å². The minimum Gasteiger partial charge on any atom is -0.306 e. The second kappa shape index (κ2) is 6.40. The lowest BCUT2D eigenvalue weighted by molar-refractivity contribution is 0.636. The molecule has 1 N–H and O–H groups in total. The van der Waals surface area contributed by atoms with Gasteiger partial charge < -0.3 is 5.32 Å². The van der Waals surface area contributed by atoms with Gasteiger partial charge in [-0.1, -0.05) is 24.6 Å². The van der Waals surface area contributed by atoms with Gasteiger partial charge in [-0.05, 0) is 65.6 Å². The number of aryl methyl sites for hydroxylation is 2. The second-order valence-electron chi connectivity index (χ2n) is 4.54. The summed E-state index contributed by atoms with van der Waals surface area (Å²) in [6.07, 6.45) is 0. The number of benzene rings is 1. The fourth-order valence-electron chi connectivity index (χ4n) is 2.15. The molecule has 4 heteroatoms. The molecule has 1 aromatic carbocycles. The molecule has 2 aromatic rings. The van der Waals surface area contributed by atoms with Crippen LogP contribution < -0.4 is 5.32 Å². The third-order valence-electron chi connectivity index (χ3n) is 3.11. The van der Waals surface area contributed by atoms with Crippen LogP contribution in [-0.4, -0.2) is 6.54 Å². The van der Waals surface area contributed by atoms with Crippen LogP contribution in [0.1, 0.15) is 33.8 Å². The van der Waals surface area contributed by atoms with E-state index < -0.39 is 0 Å². The summed E-state index contributed by atoms with van der Waals surface area (Å²) in [7, 11) is 0. The molecule has 0 saturated heterocycles. The molecule has 0 aliphatic carbocycles. The Morgan fingerprint density at radius 1 is 1.32 bits per heavy atom. The number of thiophene rings is 1. The quantitative estimate of drug-likeness (QED) is 0.763. The Morgan fingerprint density at radius 3 is 2.58 bits per heavy atom. The van der Waals surface area contributed by atoms with E-state index in [1.54, 1.807) is 0 Å². The van der Waals surface area contributed by atoms with Crippen molar-refractivity contribution in [2.75, 3.05) is 6.54 Å². The van der Waals surface area contributed by atoms with Gasteiger partial charge in [-0.25, -0.2) is 0 Å². The van der Waals surface area contributed by atoms with E-state index in [2.05, 4.69) is 54.2 Å². The summed E-state index contributed by atoms with van der Waals surface area (Å²) >= 11 is 11.5. The summed E-state index contributed by atoms with van der Waals surface area (Å²) in [5, 5.41) is 4.35. The van der Waals surface area contributed by atoms with Crippen molar-refractivity contribution in [3.63, 3.8) is 0 Å². The molecule has 0 radical (unpaired) electrons. The van der Waals surface area contributed by atoms with Gasteiger partial charge in [0.05, 0.1) is 6.04 Å². The fourth-order valence-corrected chi connectivity index (χ4v) is 4.04. The predicted octanol–water partition coefficient (Wildman–Crippen LogP) is 5.48. The first-order valence-electron chi connectivity index (χ1n) is 6.28. The van der Waals surface area contributed by atoms with Crippen LogP contribution in [0.3, 0.4) is 0 Å². The van der Waals surface area contributed by atoms with Crippen LogP contribution in [0.15, 0.2) is 28.7 Å². The Morgan fingerprint density at radius 2 is 2.05 bits per heavy atom. The van der Waals surface area contributed by atoms with Gasteiger partial charge >= 0.3 is 0 Å². The van der Waals surface area contributed by atoms with E-state index in [9.17, 15) is 0 Å². The Kier molecular flexibility index (Phi) is 5.07. The van der Waals surface area contributed by atoms with Crippen LogP contribution in [0, 0.1) is 13.8 Å². The average molecular weight is 359 g/mol. The number of nitrogens with one attached hydrogen (secondary N) is 1. The molecule has 2 rings (SSSR count).